The number of nitrogens with one attached hydrogen (secondary N) is 3. The predicted octanol–water partition coefficient (Wildman–Crippen LogP) is 2.53. The van der Waals surface area contributed by atoms with Gasteiger partial charge in [0.2, 0.25) is 0 Å². The fourth-order valence-electron chi connectivity index (χ4n) is 2.35. The Labute approximate surface area is 156 Å². The lowest BCUT2D eigenvalue weighted by Crippen LogP contribution is -2.32. The minimum Gasteiger partial charge on any atom is -0.352 e. The van der Waals surface area contributed by atoms with Crippen LogP contribution in [0.1, 0.15) is 47.9 Å². The summed E-state index contributed by atoms with van der Waals surface area (Å²) in [6.45, 7) is 9.21. The fraction of sp³-hybridized carbons (Fsp3) is 0.474. The molecule has 6 heteroatoms. The fourth-order valence-corrected chi connectivity index (χ4v) is 2.35. The number of carbonyl (C=O) groups is 2. The first-order valence-electron chi connectivity index (χ1n) is 8.40. The molecule has 0 saturated carbocycles. The van der Waals surface area contributed by atoms with Crippen LogP contribution in [0.2, 0.25) is 0 Å². The number of hydrogen-bond acceptors (Lipinski definition) is 3. The van der Waals surface area contributed by atoms with E-state index in [1.807, 2.05) is 0 Å². The minimum absolute atomic E-state index is 0. The van der Waals surface area contributed by atoms with Gasteiger partial charge in [-0.15, -0.1) is 12.4 Å². The van der Waals surface area contributed by atoms with Crippen molar-refractivity contribution in [3.05, 3.63) is 47.0 Å². The van der Waals surface area contributed by atoms with Gasteiger partial charge in [0.1, 0.15) is 0 Å². The van der Waals surface area contributed by atoms with E-state index in [1.165, 1.54) is 5.57 Å². The van der Waals surface area contributed by atoms with E-state index in [1.54, 1.807) is 24.3 Å². The maximum absolute atomic E-state index is 12.2. The lowest BCUT2D eigenvalue weighted by atomic mass is 9.97. The first kappa shape index (κ1) is 21.2. The molecule has 5 nitrogen and oxygen atoms in total. The van der Waals surface area contributed by atoms with E-state index in [9.17, 15) is 9.59 Å². The van der Waals surface area contributed by atoms with Crippen molar-refractivity contribution in [2.45, 2.75) is 27.2 Å². The molecule has 25 heavy (non-hydrogen) atoms. The van der Waals surface area contributed by atoms with Crippen LogP contribution in [-0.2, 0) is 0 Å². The van der Waals surface area contributed by atoms with Crippen molar-refractivity contribution in [1.82, 2.24) is 16.0 Å². The molecule has 1 aromatic carbocycles. The molecule has 1 aliphatic heterocycles. The molecule has 0 saturated heterocycles. The van der Waals surface area contributed by atoms with E-state index in [2.05, 4.69) is 42.8 Å². The SMILES string of the molecule is CC(C)(C)CNC(=O)c1ccc(C(=O)NCC2=CCNCC2)cc1.Cl. The third kappa shape index (κ3) is 7.28. The van der Waals surface area contributed by atoms with Crippen molar-refractivity contribution in [2.24, 2.45) is 5.41 Å². The average Bonchev–Trinajstić information content (AvgIpc) is 2.58. The van der Waals surface area contributed by atoms with Crippen molar-refractivity contribution in [3.63, 3.8) is 0 Å². The van der Waals surface area contributed by atoms with Crippen LogP contribution in [0.5, 0.6) is 0 Å². The molecule has 1 aliphatic rings. The van der Waals surface area contributed by atoms with Gasteiger partial charge in [-0.3, -0.25) is 9.59 Å². The maximum atomic E-state index is 12.2. The van der Waals surface area contributed by atoms with Gasteiger partial charge in [-0.2, -0.15) is 0 Å². The average molecular weight is 366 g/mol. The Bertz CT molecular complexity index is 619. The summed E-state index contributed by atoms with van der Waals surface area (Å²) in [6, 6.07) is 6.77. The number of benzene rings is 1. The Kier molecular flexibility index (Phi) is 8.13. The summed E-state index contributed by atoms with van der Waals surface area (Å²) in [5, 5.41) is 9.07. The van der Waals surface area contributed by atoms with Crippen molar-refractivity contribution >= 4 is 24.2 Å². The van der Waals surface area contributed by atoms with Gasteiger partial charge in [0.15, 0.2) is 0 Å². The molecular weight excluding hydrogens is 338 g/mol. The number of halogens is 1. The van der Waals surface area contributed by atoms with E-state index < -0.39 is 0 Å². The van der Waals surface area contributed by atoms with Crippen LogP contribution in [0.4, 0.5) is 0 Å². The second-order valence-corrected chi connectivity index (χ2v) is 7.32. The first-order chi connectivity index (χ1) is 11.3. The van der Waals surface area contributed by atoms with Crippen molar-refractivity contribution < 1.29 is 9.59 Å². The Morgan fingerprint density at radius 3 is 2.08 bits per heavy atom. The van der Waals surface area contributed by atoms with Gasteiger partial charge < -0.3 is 16.0 Å². The molecule has 0 spiro atoms. The van der Waals surface area contributed by atoms with Crippen molar-refractivity contribution in [3.8, 4) is 0 Å². The summed E-state index contributed by atoms with van der Waals surface area (Å²) in [4.78, 5) is 24.3. The Hall–Kier alpha value is -1.85. The van der Waals surface area contributed by atoms with Gasteiger partial charge in [-0.1, -0.05) is 32.4 Å². The highest BCUT2D eigenvalue weighted by Crippen LogP contribution is 2.11. The predicted molar refractivity (Wildman–Crippen MR) is 103 cm³/mol. The monoisotopic (exact) mass is 365 g/mol. The van der Waals surface area contributed by atoms with Crippen LogP contribution in [-0.4, -0.2) is 38.0 Å². The van der Waals surface area contributed by atoms with Crippen LogP contribution in [0.3, 0.4) is 0 Å². The second-order valence-electron chi connectivity index (χ2n) is 7.32. The highest BCUT2D eigenvalue weighted by molar-refractivity contribution is 5.97. The zero-order chi connectivity index (χ0) is 17.6. The van der Waals surface area contributed by atoms with E-state index >= 15 is 0 Å². The summed E-state index contributed by atoms with van der Waals surface area (Å²) in [5.74, 6) is -0.229. The molecule has 0 aliphatic carbocycles. The quantitative estimate of drug-likeness (QED) is 0.702. The molecule has 1 heterocycles. The van der Waals surface area contributed by atoms with Gasteiger partial charge in [-0.25, -0.2) is 0 Å². The molecular formula is C19H28ClN3O2. The summed E-state index contributed by atoms with van der Waals surface area (Å²) >= 11 is 0. The Balaban J connectivity index is 0.00000312. The molecule has 2 rings (SSSR count). The molecule has 0 unspecified atom stereocenters. The number of hydrogen-bond donors (Lipinski definition) is 3. The third-order valence-electron chi connectivity index (χ3n) is 3.82. The summed E-state index contributed by atoms with van der Waals surface area (Å²) < 4.78 is 0. The van der Waals surface area contributed by atoms with Gasteiger partial charge >= 0.3 is 0 Å². The van der Waals surface area contributed by atoms with E-state index in [0.29, 0.717) is 24.2 Å². The number of rotatable bonds is 5. The highest BCUT2D eigenvalue weighted by Gasteiger charge is 2.14. The largest absolute Gasteiger partial charge is 0.352 e. The number of amides is 2. The van der Waals surface area contributed by atoms with Crippen molar-refractivity contribution in [1.29, 1.82) is 0 Å². The van der Waals surface area contributed by atoms with Crippen molar-refractivity contribution in [2.75, 3.05) is 26.2 Å². The summed E-state index contributed by atoms with van der Waals surface area (Å²) in [5.41, 5.74) is 2.42. The molecule has 2 amide bonds. The molecule has 138 valence electrons. The zero-order valence-corrected chi connectivity index (χ0v) is 16.0. The Morgan fingerprint density at radius 1 is 1.04 bits per heavy atom. The van der Waals surface area contributed by atoms with Gasteiger partial charge in [-0.05, 0) is 42.6 Å². The minimum atomic E-state index is -0.115. The smallest absolute Gasteiger partial charge is 0.251 e. The highest BCUT2D eigenvalue weighted by atomic mass is 35.5. The topological polar surface area (TPSA) is 70.2 Å². The van der Waals surface area contributed by atoms with Crippen LogP contribution in [0, 0.1) is 5.41 Å². The summed E-state index contributed by atoms with van der Waals surface area (Å²) in [7, 11) is 0. The van der Waals surface area contributed by atoms with Gasteiger partial charge in [0.25, 0.3) is 11.8 Å². The normalized spacial score (nSPS) is 14.1. The Morgan fingerprint density at radius 2 is 1.60 bits per heavy atom. The van der Waals surface area contributed by atoms with Crippen LogP contribution < -0.4 is 16.0 Å². The molecule has 0 fully saturated rings. The molecule has 1 aromatic rings. The molecule has 0 bridgehead atoms. The number of carbonyl (C=O) groups excluding carboxylic acids is 2. The second kappa shape index (κ2) is 9.59. The van der Waals surface area contributed by atoms with Gasteiger partial charge in [0.05, 0.1) is 0 Å². The lowest BCUT2D eigenvalue weighted by molar-refractivity contribution is 0.0933. The standard InChI is InChI=1S/C19H27N3O2.ClH/c1-19(2,3)13-22-18(24)16-6-4-15(5-7-16)17(23)21-12-14-8-10-20-11-9-14;/h4-8,20H,9-13H2,1-3H3,(H,21,23)(H,22,24);1H. The van der Waals surface area contributed by atoms with Crippen LogP contribution in [0.25, 0.3) is 0 Å². The summed E-state index contributed by atoms with van der Waals surface area (Å²) in [6.07, 6.45) is 3.08. The molecule has 0 atom stereocenters. The maximum Gasteiger partial charge on any atom is 0.251 e. The van der Waals surface area contributed by atoms with Gasteiger partial charge in [0, 0.05) is 30.8 Å². The lowest BCUT2D eigenvalue weighted by Gasteiger charge is -2.18. The van der Waals surface area contributed by atoms with Crippen LogP contribution >= 0.6 is 12.4 Å². The van der Waals surface area contributed by atoms with E-state index in [0.717, 1.165) is 19.5 Å². The molecule has 0 radical (unpaired) electrons. The van der Waals surface area contributed by atoms with Crippen LogP contribution in [0.15, 0.2) is 35.9 Å². The van der Waals surface area contributed by atoms with E-state index in [-0.39, 0.29) is 29.6 Å². The third-order valence-corrected chi connectivity index (χ3v) is 3.82. The van der Waals surface area contributed by atoms with E-state index in [4.69, 9.17) is 0 Å². The molecule has 0 aromatic heterocycles. The molecule has 3 N–H and O–H groups in total. The first-order valence-corrected chi connectivity index (χ1v) is 8.40. The zero-order valence-electron chi connectivity index (χ0n) is 15.1.